The lowest BCUT2D eigenvalue weighted by Gasteiger charge is -2.17. The van der Waals surface area contributed by atoms with Gasteiger partial charge in [0.15, 0.2) is 25.3 Å². The molecule has 3 aromatic rings. The van der Waals surface area contributed by atoms with Crippen LogP contribution in [0.5, 0.6) is 0 Å². The van der Waals surface area contributed by atoms with Crippen LogP contribution in [-0.4, -0.2) is 44.9 Å². The molecule has 0 fully saturated rings. The number of carbonyl (C=O) groups is 1. The third-order valence-electron chi connectivity index (χ3n) is 3.84. The van der Waals surface area contributed by atoms with E-state index >= 15 is 0 Å². The Morgan fingerprint density at radius 2 is 2.20 bits per heavy atom. The second-order valence-electron chi connectivity index (χ2n) is 6.31. The average molecular weight is 498 g/mol. The van der Waals surface area contributed by atoms with Crippen molar-refractivity contribution in [2.75, 3.05) is 25.3 Å². The molecule has 1 atom stereocenters. The maximum atomic E-state index is 11.8. The Morgan fingerprint density at radius 3 is 2.97 bits per heavy atom. The highest BCUT2D eigenvalue weighted by molar-refractivity contribution is 9.10. The first-order valence-electron chi connectivity index (χ1n) is 8.98. The van der Waals surface area contributed by atoms with E-state index in [2.05, 4.69) is 30.9 Å². The number of hydrogen-bond acceptors (Lipinski definition) is 8. The van der Waals surface area contributed by atoms with Gasteiger partial charge in [-0.1, -0.05) is 28.1 Å². The van der Waals surface area contributed by atoms with Crippen molar-refractivity contribution in [1.82, 2.24) is 19.5 Å². The van der Waals surface area contributed by atoms with Gasteiger partial charge < -0.3 is 24.1 Å². The number of aromatic nitrogens is 4. The SMILES string of the molecule is CC(=O)COP(COCCn1cnc2c(=O)[nH]c(N)nc21)OCc1cccc(Br)c1. The number of nitrogens with zero attached hydrogens (tertiary/aromatic N) is 3. The predicted octanol–water partition coefficient (Wildman–Crippen LogP) is 2.57. The third-order valence-corrected chi connectivity index (χ3v) is 5.56. The van der Waals surface area contributed by atoms with E-state index in [9.17, 15) is 9.59 Å². The van der Waals surface area contributed by atoms with E-state index in [1.807, 2.05) is 24.3 Å². The lowest BCUT2D eigenvalue weighted by atomic mass is 10.2. The second kappa shape index (κ2) is 10.7. The highest BCUT2D eigenvalue weighted by Gasteiger charge is 2.14. The lowest BCUT2D eigenvalue weighted by molar-refractivity contribution is -0.119. The summed E-state index contributed by atoms with van der Waals surface area (Å²) in [6, 6.07) is 7.73. The molecule has 0 aliphatic heterocycles. The first-order chi connectivity index (χ1) is 14.4. The number of Topliss-reactive ketones (excluding diaryl/α,β-unsaturated/α-hetero) is 1. The van der Waals surface area contributed by atoms with Gasteiger partial charge in [0.1, 0.15) is 13.0 Å². The molecule has 2 aromatic heterocycles. The van der Waals surface area contributed by atoms with E-state index in [0.29, 0.717) is 25.4 Å². The number of nitrogens with two attached hydrogens (primary N) is 1. The van der Waals surface area contributed by atoms with Crippen molar-refractivity contribution in [2.24, 2.45) is 0 Å². The van der Waals surface area contributed by atoms with E-state index in [1.165, 1.54) is 13.3 Å². The average Bonchev–Trinajstić information content (AvgIpc) is 3.09. The number of carbonyl (C=O) groups excluding carboxylic acids is 1. The molecule has 0 radical (unpaired) electrons. The monoisotopic (exact) mass is 497 g/mol. The Morgan fingerprint density at radius 1 is 1.37 bits per heavy atom. The van der Waals surface area contributed by atoms with Crippen LogP contribution in [0.2, 0.25) is 0 Å². The van der Waals surface area contributed by atoms with Crippen LogP contribution in [0.4, 0.5) is 5.95 Å². The summed E-state index contributed by atoms with van der Waals surface area (Å²) in [6.45, 7) is 2.47. The molecule has 2 heterocycles. The third kappa shape index (κ3) is 6.41. The number of fused-ring (bicyclic) bond motifs is 1. The Bertz CT molecular complexity index is 1070. The number of hydrogen-bond donors (Lipinski definition) is 2. The van der Waals surface area contributed by atoms with Crippen molar-refractivity contribution >= 4 is 47.2 Å². The van der Waals surface area contributed by atoms with Gasteiger partial charge in [-0.15, -0.1) is 0 Å². The summed E-state index contributed by atoms with van der Waals surface area (Å²) in [5.74, 6) is -0.0652. The maximum absolute atomic E-state index is 11.8. The number of H-pyrrole nitrogens is 1. The Labute approximate surface area is 181 Å². The molecule has 1 unspecified atom stereocenters. The number of benzene rings is 1. The molecule has 1 aromatic carbocycles. The molecule has 0 spiro atoms. The van der Waals surface area contributed by atoms with E-state index in [4.69, 9.17) is 19.5 Å². The lowest BCUT2D eigenvalue weighted by Crippen LogP contribution is -2.13. The van der Waals surface area contributed by atoms with Crippen molar-refractivity contribution < 1.29 is 18.6 Å². The van der Waals surface area contributed by atoms with Crippen molar-refractivity contribution in [3.05, 3.63) is 51.0 Å². The zero-order valence-electron chi connectivity index (χ0n) is 16.2. The molecule has 0 amide bonds. The summed E-state index contributed by atoms with van der Waals surface area (Å²) in [7, 11) is -1.41. The van der Waals surface area contributed by atoms with Gasteiger partial charge in [-0.3, -0.25) is 14.6 Å². The zero-order chi connectivity index (χ0) is 21.5. The Hall–Kier alpha value is -2.17. The van der Waals surface area contributed by atoms with Gasteiger partial charge in [-0.05, 0) is 24.6 Å². The van der Waals surface area contributed by atoms with E-state index in [-0.39, 0.29) is 35.8 Å². The molecule has 0 aliphatic rings. The number of nitrogens with one attached hydrogen (secondary N) is 1. The smallest absolute Gasteiger partial charge is 0.280 e. The van der Waals surface area contributed by atoms with Crippen LogP contribution < -0.4 is 11.3 Å². The first kappa shape index (κ1) is 22.5. The number of anilines is 1. The highest BCUT2D eigenvalue weighted by atomic mass is 79.9. The minimum Gasteiger partial charge on any atom is -0.370 e. The van der Waals surface area contributed by atoms with Gasteiger partial charge in [0.05, 0.1) is 19.5 Å². The van der Waals surface area contributed by atoms with Crippen LogP contribution in [0.3, 0.4) is 0 Å². The normalized spacial score (nSPS) is 12.3. The molecule has 0 saturated heterocycles. The van der Waals surface area contributed by atoms with Crippen LogP contribution in [0.1, 0.15) is 12.5 Å². The molecule has 3 rings (SSSR count). The number of rotatable bonds is 11. The van der Waals surface area contributed by atoms with Gasteiger partial charge in [0.25, 0.3) is 5.56 Å². The number of ketones is 1. The van der Waals surface area contributed by atoms with E-state index < -0.39 is 8.38 Å². The fraction of sp³-hybridized carbons (Fsp3) is 0.333. The molecule has 10 nitrogen and oxygen atoms in total. The van der Waals surface area contributed by atoms with Crippen molar-refractivity contribution in [1.29, 1.82) is 0 Å². The molecule has 160 valence electrons. The van der Waals surface area contributed by atoms with Gasteiger partial charge in [-0.25, -0.2) is 4.98 Å². The molecular weight excluding hydrogens is 477 g/mol. The topological polar surface area (TPSA) is 134 Å². The largest absolute Gasteiger partial charge is 0.370 e. The quantitative estimate of drug-likeness (QED) is 0.304. The summed E-state index contributed by atoms with van der Waals surface area (Å²) >= 11 is 3.42. The fourth-order valence-corrected chi connectivity index (χ4v) is 4.05. The summed E-state index contributed by atoms with van der Waals surface area (Å²) in [5.41, 5.74) is 6.79. The molecule has 0 bridgehead atoms. The van der Waals surface area contributed by atoms with Crippen LogP contribution >= 0.6 is 24.3 Å². The minimum absolute atomic E-state index is 0.0253. The zero-order valence-corrected chi connectivity index (χ0v) is 18.7. The molecular formula is C18H21BrN5O5P. The number of aromatic amines is 1. The van der Waals surface area contributed by atoms with Crippen LogP contribution in [0.15, 0.2) is 39.9 Å². The van der Waals surface area contributed by atoms with Crippen molar-refractivity contribution in [2.45, 2.75) is 20.1 Å². The van der Waals surface area contributed by atoms with Gasteiger partial charge in [0, 0.05) is 11.0 Å². The van der Waals surface area contributed by atoms with Crippen LogP contribution in [0.25, 0.3) is 11.2 Å². The minimum atomic E-state index is -1.41. The molecule has 0 saturated carbocycles. The van der Waals surface area contributed by atoms with Gasteiger partial charge in [-0.2, -0.15) is 4.98 Å². The Balaban J connectivity index is 1.53. The molecule has 0 aliphatic carbocycles. The van der Waals surface area contributed by atoms with Gasteiger partial charge >= 0.3 is 0 Å². The van der Waals surface area contributed by atoms with Crippen LogP contribution in [0, 0.1) is 0 Å². The van der Waals surface area contributed by atoms with Crippen LogP contribution in [-0.2, 0) is 31.7 Å². The summed E-state index contributed by atoms with van der Waals surface area (Å²) in [6.07, 6.45) is 1.70. The number of ether oxygens (including phenoxy) is 1. The standard InChI is InChI=1S/C18H21BrN5O5P/c1-12(25)8-28-30(29-9-13-3-2-4-14(19)7-13)11-27-6-5-24-10-21-15-16(24)22-18(20)23-17(15)26/h2-4,7,10H,5-6,8-9,11H2,1H3,(H3,20,22,23,26). The van der Waals surface area contributed by atoms with Crippen molar-refractivity contribution in [3.8, 4) is 0 Å². The summed E-state index contributed by atoms with van der Waals surface area (Å²) in [4.78, 5) is 33.7. The first-order valence-corrected chi connectivity index (χ1v) is 11.1. The molecule has 30 heavy (non-hydrogen) atoms. The van der Waals surface area contributed by atoms with E-state index in [0.717, 1.165) is 10.0 Å². The van der Waals surface area contributed by atoms with E-state index in [1.54, 1.807) is 4.57 Å². The number of halogens is 1. The Kier molecular flexibility index (Phi) is 8.06. The van der Waals surface area contributed by atoms with Crippen molar-refractivity contribution in [3.63, 3.8) is 0 Å². The summed E-state index contributed by atoms with van der Waals surface area (Å²) < 4.78 is 19.7. The maximum Gasteiger partial charge on any atom is 0.280 e. The predicted molar refractivity (Wildman–Crippen MR) is 116 cm³/mol. The highest BCUT2D eigenvalue weighted by Crippen LogP contribution is 2.39. The fourth-order valence-electron chi connectivity index (χ4n) is 2.48. The summed E-state index contributed by atoms with van der Waals surface area (Å²) in [5, 5.41) is 0. The van der Waals surface area contributed by atoms with Gasteiger partial charge in [0.2, 0.25) is 5.95 Å². The molecule has 3 N–H and O–H groups in total. The number of imidazole rings is 1. The second-order valence-corrected chi connectivity index (χ2v) is 8.67. The molecule has 12 heteroatoms. The number of nitrogen functional groups attached to an aromatic ring is 1.